The van der Waals surface area contributed by atoms with Gasteiger partial charge in [-0.25, -0.2) is 8.78 Å². The Labute approximate surface area is 203 Å². The zero-order chi connectivity index (χ0) is 24.5. The molecule has 0 aliphatic carbocycles. The average molecular weight is 481 g/mol. The lowest BCUT2D eigenvalue weighted by molar-refractivity contribution is 0.0741. The molecule has 0 saturated carbocycles. The van der Waals surface area contributed by atoms with Crippen LogP contribution in [-0.4, -0.2) is 22.3 Å². The molecule has 0 saturated heterocycles. The summed E-state index contributed by atoms with van der Waals surface area (Å²) in [6.07, 6.45) is 2.10. The number of halogens is 3. The number of hydrogen-bond donors (Lipinski definition) is 1. The Bertz CT molecular complexity index is 1320. The van der Waals surface area contributed by atoms with Crippen LogP contribution >= 0.6 is 11.6 Å². The highest BCUT2D eigenvalue weighted by molar-refractivity contribution is 6.30. The van der Waals surface area contributed by atoms with Gasteiger partial charge in [-0.1, -0.05) is 68.8 Å². The summed E-state index contributed by atoms with van der Waals surface area (Å²) in [6.45, 7) is 6.99. The van der Waals surface area contributed by atoms with Gasteiger partial charge in [-0.15, -0.1) is 0 Å². The van der Waals surface area contributed by atoms with Gasteiger partial charge in [0.25, 0.3) is 5.91 Å². The second-order valence-electron chi connectivity index (χ2n) is 9.54. The molecule has 0 aliphatic heterocycles. The first-order chi connectivity index (χ1) is 16.1. The van der Waals surface area contributed by atoms with E-state index in [0.29, 0.717) is 28.9 Å². The highest BCUT2D eigenvalue weighted by Crippen LogP contribution is 2.27. The molecule has 1 heterocycles. The van der Waals surface area contributed by atoms with Crippen molar-refractivity contribution < 1.29 is 13.6 Å². The van der Waals surface area contributed by atoms with Gasteiger partial charge in [-0.2, -0.15) is 0 Å². The number of nitrogens with zero attached hydrogens (tertiary/aromatic N) is 1. The van der Waals surface area contributed by atoms with E-state index < -0.39 is 17.5 Å². The third kappa shape index (κ3) is 5.15. The van der Waals surface area contributed by atoms with E-state index in [2.05, 4.69) is 25.8 Å². The zero-order valence-corrected chi connectivity index (χ0v) is 20.2. The van der Waals surface area contributed by atoms with E-state index in [1.807, 2.05) is 42.5 Å². The summed E-state index contributed by atoms with van der Waals surface area (Å²) in [5.74, 6) is -2.75. The third-order valence-electron chi connectivity index (χ3n) is 5.99. The molecule has 1 amide bonds. The number of fused-ring (bicyclic) bond motifs is 1. The van der Waals surface area contributed by atoms with Gasteiger partial charge in [0, 0.05) is 29.7 Å². The van der Waals surface area contributed by atoms with Crippen molar-refractivity contribution in [3.8, 4) is 0 Å². The minimum atomic E-state index is -1.14. The van der Waals surface area contributed by atoms with Crippen LogP contribution in [0.15, 0.2) is 66.9 Å². The molecule has 0 atom stereocenters. The van der Waals surface area contributed by atoms with Crippen molar-refractivity contribution in [1.29, 1.82) is 0 Å². The number of hydrogen-bond acceptors (Lipinski definition) is 1. The number of aromatic amines is 1. The van der Waals surface area contributed by atoms with E-state index in [-0.39, 0.29) is 17.5 Å². The molecule has 0 fully saturated rings. The largest absolute Gasteiger partial charge is 0.360 e. The molecule has 4 rings (SSSR count). The molecule has 1 aromatic heterocycles. The number of carbonyl (C=O) groups is 1. The van der Waals surface area contributed by atoms with Crippen LogP contribution in [0, 0.1) is 11.6 Å². The van der Waals surface area contributed by atoms with Crippen molar-refractivity contribution in [2.75, 3.05) is 6.54 Å². The molecule has 0 unspecified atom stereocenters. The van der Waals surface area contributed by atoms with Gasteiger partial charge in [0.15, 0.2) is 11.6 Å². The van der Waals surface area contributed by atoms with Gasteiger partial charge in [-0.05, 0) is 52.8 Å². The van der Waals surface area contributed by atoms with Crippen LogP contribution in [0.5, 0.6) is 0 Å². The first-order valence-corrected chi connectivity index (χ1v) is 11.6. The first-order valence-electron chi connectivity index (χ1n) is 11.2. The van der Waals surface area contributed by atoms with E-state index in [1.54, 1.807) is 23.2 Å². The second kappa shape index (κ2) is 9.59. The molecule has 4 aromatic rings. The molecule has 6 heteroatoms. The SMILES string of the molecule is CC(C)(C)c1ccc(CN(CCc2cccc(Cl)c2)C(=O)c2c(F)c(F)cc3cc[nH]c23)cc1. The van der Waals surface area contributed by atoms with E-state index in [4.69, 9.17) is 11.6 Å². The van der Waals surface area contributed by atoms with Crippen molar-refractivity contribution >= 4 is 28.4 Å². The standard InChI is InChI=1S/C28H27ClF2N2O/c1-28(2,3)21-9-7-19(8-10-21)17-33(14-12-18-5-4-6-22(29)15-18)27(34)24-25(31)23(30)16-20-11-13-32-26(20)24/h4-11,13,15-16,32H,12,14,17H2,1-3H3. The number of amides is 1. The fourth-order valence-corrected chi connectivity index (χ4v) is 4.26. The monoisotopic (exact) mass is 480 g/mol. The fourth-order valence-electron chi connectivity index (χ4n) is 4.05. The fraction of sp³-hybridized carbons (Fsp3) is 0.250. The van der Waals surface area contributed by atoms with Crippen molar-refractivity contribution in [1.82, 2.24) is 9.88 Å². The molecule has 34 heavy (non-hydrogen) atoms. The average Bonchev–Trinajstić information content (AvgIpc) is 3.24. The Hall–Kier alpha value is -3.18. The second-order valence-corrected chi connectivity index (χ2v) is 9.98. The van der Waals surface area contributed by atoms with Gasteiger partial charge in [0.1, 0.15) is 5.56 Å². The van der Waals surface area contributed by atoms with Crippen molar-refractivity contribution in [2.45, 2.75) is 39.2 Å². The highest BCUT2D eigenvalue weighted by Gasteiger charge is 2.26. The molecule has 0 aliphatic rings. The predicted octanol–water partition coefficient (Wildman–Crippen LogP) is 7.28. The molecule has 0 bridgehead atoms. The number of aromatic nitrogens is 1. The van der Waals surface area contributed by atoms with Crippen molar-refractivity contribution in [2.24, 2.45) is 0 Å². The molecular weight excluding hydrogens is 454 g/mol. The van der Waals surface area contributed by atoms with Crippen LogP contribution in [0.2, 0.25) is 5.02 Å². The maximum Gasteiger partial charge on any atom is 0.259 e. The Kier molecular flexibility index (Phi) is 6.76. The zero-order valence-electron chi connectivity index (χ0n) is 19.5. The minimum Gasteiger partial charge on any atom is -0.360 e. The Morgan fingerprint density at radius 2 is 1.74 bits per heavy atom. The van der Waals surface area contributed by atoms with E-state index >= 15 is 0 Å². The van der Waals surface area contributed by atoms with Gasteiger partial charge >= 0.3 is 0 Å². The van der Waals surface area contributed by atoms with E-state index in [1.165, 1.54) is 5.56 Å². The number of nitrogens with one attached hydrogen (secondary N) is 1. The molecule has 176 valence electrons. The van der Waals surface area contributed by atoms with Crippen LogP contribution in [0.1, 0.15) is 47.8 Å². The number of H-pyrrole nitrogens is 1. The summed E-state index contributed by atoms with van der Waals surface area (Å²) in [5.41, 5.74) is 3.06. The van der Waals surface area contributed by atoms with Crippen molar-refractivity contribution in [3.63, 3.8) is 0 Å². The quantitative estimate of drug-likeness (QED) is 0.309. The summed E-state index contributed by atoms with van der Waals surface area (Å²) < 4.78 is 29.2. The summed E-state index contributed by atoms with van der Waals surface area (Å²) in [7, 11) is 0. The summed E-state index contributed by atoms with van der Waals surface area (Å²) >= 11 is 6.12. The van der Waals surface area contributed by atoms with E-state index in [9.17, 15) is 13.6 Å². The first kappa shape index (κ1) is 24.0. The molecule has 1 N–H and O–H groups in total. The predicted molar refractivity (Wildman–Crippen MR) is 133 cm³/mol. The van der Waals surface area contributed by atoms with Crippen molar-refractivity contribution in [3.05, 3.63) is 106 Å². The number of benzene rings is 3. The maximum absolute atomic E-state index is 14.9. The molecule has 0 spiro atoms. The molecule has 3 nitrogen and oxygen atoms in total. The van der Waals surface area contributed by atoms with Crippen LogP contribution in [0.4, 0.5) is 8.78 Å². The lowest BCUT2D eigenvalue weighted by Crippen LogP contribution is -2.33. The lowest BCUT2D eigenvalue weighted by Gasteiger charge is -2.25. The van der Waals surface area contributed by atoms with Crippen LogP contribution < -0.4 is 0 Å². The van der Waals surface area contributed by atoms with Gasteiger partial charge < -0.3 is 9.88 Å². The smallest absolute Gasteiger partial charge is 0.259 e. The lowest BCUT2D eigenvalue weighted by atomic mass is 9.87. The summed E-state index contributed by atoms with van der Waals surface area (Å²) in [5, 5.41) is 1.06. The molecule has 3 aromatic carbocycles. The Morgan fingerprint density at radius 1 is 1.00 bits per heavy atom. The number of rotatable bonds is 6. The highest BCUT2D eigenvalue weighted by atomic mass is 35.5. The van der Waals surface area contributed by atoms with Gasteiger partial charge in [0.2, 0.25) is 0 Å². The van der Waals surface area contributed by atoms with Crippen LogP contribution in [-0.2, 0) is 18.4 Å². The van der Waals surface area contributed by atoms with Crippen LogP contribution in [0.3, 0.4) is 0 Å². The molecular formula is C28H27ClF2N2O. The minimum absolute atomic E-state index is 0.00450. The Morgan fingerprint density at radius 3 is 2.41 bits per heavy atom. The van der Waals surface area contributed by atoms with Crippen LogP contribution in [0.25, 0.3) is 10.9 Å². The van der Waals surface area contributed by atoms with E-state index in [0.717, 1.165) is 17.2 Å². The maximum atomic E-state index is 14.9. The molecule has 0 radical (unpaired) electrons. The van der Waals surface area contributed by atoms with Gasteiger partial charge in [0.05, 0.1) is 5.52 Å². The summed E-state index contributed by atoms with van der Waals surface area (Å²) in [6, 6.07) is 18.2. The number of carbonyl (C=O) groups excluding carboxylic acids is 1. The van der Waals surface area contributed by atoms with Gasteiger partial charge in [-0.3, -0.25) is 4.79 Å². The summed E-state index contributed by atoms with van der Waals surface area (Å²) in [4.78, 5) is 18.1. The normalized spacial score (nSPS) is 11.7. The Balaban J connectivity index is 1.68. The topological polar surface area (TPSA) is 36.1 Å². The third-order valence-corrected chi connectivity index (χ3v) is 6.23.